The maximum atomic E-state index is 12.8. The fourth-order valence-corrected chi connectivity index (χ4v) is 3.95. The Kier molecular flexibility index (Phi) is 5.73. The van der Waals surface area contributed by atoms with Crippen molar-refractivity contribution in [2.75, 3.05) is 12.4 Å². The molecule has 34 heavy (non-hydrogen) atoms. The van der Waals surface area contributed by atoms with Gasteiger partial charge in [-0.1, -0.05) is 30.3 Å². The molecule has 9 nitrogen and oxygen atoms in total. The monoisotopic (exact) mass is 453 g/mol. The van der Waals surface area contributed by atoms with Gasteiger partial charge in [0.1, 0.15) is 17.3 Å². The van der Waals surface area contributed by atoms with Crippen molar-refractivity contribution < 1.29 is 9.53 Å². The van der Waals surface area contributed by atoms with E-state index in [0.717, 1.165) is 22.5 Å². The Morgan fingerprint density at radius 2 is 1.82 bits per heavy atom. The Balaban J connectivity index is 1.37. The third-order valence-electron chi connectivity index (χ3n) is 5.54. The van der Waals surface area contributed by atoms with Crippen LogP contribution in [0, 0.1) is 6.92 Å². The van der Waals surface area contributed by atoms with Crippen LogP contribution < -0.4 is 10.1 Å². The summed E-state index contributed by atoms with van der Waals surface area (Å²) in [6.07, 6.45) is 0.770. The molecule has 170 valence electrons. The number of para-hydroxylation sites is 3. The minimum atomic E-state index is -0.115. The Bertz CT molecular complexity index is 1460. The number of amides is 1. The Labute approximate surface area is 196 Å². The minimum Gasteiger partial charge on any atom is -0.494 e. The van der Waals surface area contributed by atoms with Gasteiger partial charge < -0.3 is 10.1 Å². The summed E-state index contributed by atoms with van der Waals surface area (Å²) in [5, 5.41) is 14.6. The van der Waals surface area contributed by atoms with Crippen LogP contribution in [0.2, 0.25) is 0 Å². The van der Waals surface area contributed by atoms with E-state index >= 15 is 0 Å². The third-order valence-corrected chi connectivity index (χ3v) is 5.54. The predicted octanol–water partition coefficient (Wildman–Crippen LogP) is 3.89. The Morgan fingerprint density at radius 3 is 2.59 bits per heavy atom. The van der Waals surface area contributed by atoms with E-state index in [1.165, 1.54) is 0 Å². The number of ether oxygens (including phenoxy) is 1. The highest BCUT2D eigenvalue weighted by molar-refractivity contribution is 5.91. The van der Waals surface area contributed by atoms with Crippen LogP contribution in [0.15, 0.2) is 72.8 Å². The molecule has 0 aliphatic carbocycles. The number of nitrogens with zero attached hydrogens (tertiary/aromatic N) is 6. The lowest BCUT2D eigenvalue weighted by atomic mass is 10.2. The van der Waals surface area contributed by atoms with Crippen molar-refractivity contribution in [1.82, 2.24) is 29.8 Å². The van der Waals surface area contributed by atoms with Crippen LogP contribution in [0.4, 0.5) is 5.69 Å². The number of aryl methyl sites for hydroxylation is 2. The summed E-state index contributed by atoms with van der Waals surface area (Å²) < 4.78 is 9.11. The number of carbonyl (C=O) groups excluding carboxylic acids is 1. The number of hydrogen-bond donors (Lipinski definition) is 1. The van der Waals surface area contributed by atoms with Gasteiger partial charge in [0, 0.05) is 24.2 Å². The first-order valence-corrected chi connectivity index (χ1v) is 10.9. The second-order valence-corrected chi connectivity index (χ2v) is 7.76. The van der Waals surface area contributed by atoms with E-state index in [9.17, 15) is 4.79 Å². The van der Waals surface area contributed by atoms with Crippen LogP contribution in [0.3, 0.4) is 0 Å². The summed E-state index contributed by atoms with van der Waals surface area (Å²) >= 11 is 0. The van der Waals surface area contributed by atoms with Crippen molar-refractivity contribution in [2.45, 2.75) is 19.8 Å². The fourth-order valence-electron chi connectivity index (χ4n) is 3.95. The van der Waals surface area contributed by atoms with Crippen molar-refractivity contribution in [1.29, 1.82) is 0 Å². The second kappa shape index (κ2) is 9.14. The summed E-state index contributed by atoms with van der Waals surface area (Å²) in [5.74, 6) is 1.94. The number of tetrazole rings is 1. The number of rotatable bonds is 7. The topological polar surface area (TPSA) is 99.8 Å². The summed E-state index contributed by atoms with van der Waals surface area (Å²) in [6, 6.07) is 23.4. The van der Waals surface area contributed by atoms with E-state index in [4.69, 9.17) is 9.72 Å². The van der Waals surface area contributed by atoms with Crippen molar-refractivity contribution in [3.8, 4) is 17.1 Å². The molecule has 0 fully saturated rings. The zero-order chi connectivity index (χ0) is 23.5. The van der Waals surface area contributed by atoms with Crippen LogP contribution in [-0.2, 0) is 11.2 Å². The van der Waals surface area contributed by atoms with Crippen molar-refractivity contribution in [2.24, 2.45) is 0 Å². The standard InChI is InChI=1S/C25H23N7O2/c1-17-28-29-30-32(17)22-16-18(12-13-23(22)34-2)26-25(33)15-14-24-27-20-10-6-7-11-21(20)31(24)19-8-4-3-5-9-19/h3-13,16H,14-15H2,1-2H3,(H,26,33). The number of benzene rings is 3. The molecule has 0 atom stereocenters. The number of aromatic nitrogens is 6. The quantitative estimate of drug-likeness (QED) is 0.401. The first kappa shape index (κ1) is 21.3. The van der Waals surface area contributed by atoms with E-state index in [2.05, 4.69) is 25.4 Å². The average molecular weight is 454 g/mol. The zero-order valence-corrected chi connectivity index (χ0v) is 18.8. The number of anilines is 1. The number of carbonyl (C=O) groups is 1. The molecule has 9 heteroatoms. The molecule has 0 radical (unpaired) electrons. The molecule has 5 aromatic rings. The Hall–Kier alpha value is -4.53. The number of imidazole rings is 1. The molecule has 0 bridgehead atoms. The van der Waals surface area contributed by atoms with E-state index in [1.54, 1.807) is 36.9 Å². The number of nitrogens with one attached hydrogen (secondary N) is 1. The van der Waals surface area contributed by atoms with Gasteiger partial charge in [-0.05, 0) is 59.8 Å². The van der Waals surface area contributed by atoms with Crippen LogP contribution >= 0.6 is 0 Å². The molecule has 2 aromatic heterocycles. The number of fused-ring (bicyclic) bond motifs is 1. The molecule has 1 N–H and O–H groups in total. The highest BCUT2D eigenvalue weighted by Gasteiger charge is 2.15. The SMILES string of the molecule is COc1ccc(NC(=O)CCc2nc3ccccc3n2-c2ccccc2)cc1-n1nnnc1C. The Morgan fingerprint density at radius 1 is 1.03 bits per heavy atom. The zero-order valence-electron chi connectivity index (χ0n) is 18.8. The lowest BCUT2D eigenvalue weighted by molar-refractivity contribution is -0.116. The van der Waals surface area contributed by atoms with Crippen LogP contribution in [0.1, 0.15) is 18.1 Å². The molecule has 3 aromatic carbocycles. The molecular weight excluding hydrogens is 430 g/mol. The van der Waals surface area contributed by atoms with E-state index in [0.29, 0.717) is 29.4 Å². The van der Waals surface area contributed by atoms with Gasteiger partial charge in [0.05, 0.1) is 18.1 Å². The summed E-state index contributed by atoms with van der Waals surface area (Å²) in [6.45, 7) is 1.80. The van der Waals surface area contributed by atoms with Gasteiger partial charge in [0.15, 0.2) is 5.82 Å². The van der Waals surface area contributed by atoms with E-state index < -0.39 is 0 Å². The van der Waals surface area contributed by atoms with Crippen LogP contribution in [0.5, 0.6) is 5.75 Å². The van der Waals surface area contributed by atoms with Gasteiger partial charge in [0.25, 0.3) is 0 Å². The summed E-state index contributed by atoms with van der Waals surface area (Å²) in [4.78, 5) is 17.6. The van der Waals surface area contributed by atoms with Crippen LogP contribution in [-0.4, -0.2) is 42.8 Å². The molecule has 0 aliphatic rings. The van der Waals surface area contributed by atoms with Crippen molar-refractivity contribution >= 4 is 22.6 Å². The molecule has 1 amide bonds. The van der Waals surface area contributed by atoms with Crippen LogP contribution in [0.25, 0.3) is 22.4 Å². The van der Waals surface area contributed by atoms with Gasteiger partial charge in [-0.3, -0.25) is 9.36 Å². The second-order valence-electron chi connectivity index (χ2n) is 7.76. The first-order valence-electron chi connectivity index (χ1n) is 10.9. The molecule has 0 unspecified atom stereocenters. The lowest BCUT2D eigenvalue weighted by Crippen LogP contribution is -2.14. The number of methoxy groups -OCH3 is 1. The lowest BCUT2D eigenvalue weighted by Gasteiger charge is -2.12. The van der Waals surface area contributed by atoms with Crippen molar-refractivity contribution in [3.05, 3.63) is 84.4 Å². The van der Waals surface area contributed by atoms with Gasteiger partial charge in [-0.2, -0.15) is 4.68 Å². The molecule has 0 spiro atoms. The highest BCUT2D eigenvalue weighted by atomic mass is 16.5. The molecule has 5 rings (SSSR count). The van der Waals surface area contributed by atoms with Crippen molar-refractivity contribution in [3.63, 3.8) is 0 Å². The normalized spacial score (nSPS) is 11.0. The maximum absolute atomic E-state index is 12.8. The maximum Gasteiger partial charge on any atom is 0.224 e. The average Bonchev–Trinajstić information content (AvgIpc) is 3.46. The fraction of sp³-hybridized carbons (Fsp3) is 0.160. The van der Waals surface area contributed by atoms with E-state index in [1.807, 2.05) is 54.6 Å². The third kappa shape index (κ3) is 4.11. The molecule has 2 heterocycles. The first-order chi connectivity index (χ1) is 16.6. The summed E-state index contributed by atoms with van der Waals surface area (Å²) in [5.41, 5.74) is 4.21. The van der Waals surface area contributed by atoms with Gasteiger partial charge >= 0.3 is 0 Å². The minimum absolute atomic E-state index is 0.115. The molecule has 0 saturated carbocycles. The smallest absolute Gasteiger partial charge is 0.224 e. The van der Waals surface area contributed by atoms with E-state index in [-0.39, 0.29) is 12.3 Å². The van der Waals surface area contributed by atoms with Gasteiger partial charge in [-0.25, -0.2) is 4.98 Å². The number of hydrogen-bond acceptors (Lipinski definition) is 6. The van der Waals surface area contributed by atoms with Gasteiger partial charge in [-0.15, -0.1) is 5.10 Å². The molecule has 0 aliphatic heterocycles. The van der Waals surface area contributed by atoms with Gasteiger partial charge in [0.2, 0.25) is 5.91 Å². The predicted molar refractivity (Wildman–Crippen MR) is 128 cm³/mol. The largest absolute Gasteiger partial charge is 0.494 e. The molecular formula is C25H23N7O2. The summed E-state index contributed by atoms with van der Waals surface area (Å²) in [7, 11) is 1.58. The highest BCUT2D eigenvalue weighted by Crippen LogP contribution is 2.27. The molecule has 0 saturated heterocycles.